The van der Waals surface area contributed by atoms with E-state index in [0.717, 1.165) is 0 Å². The van der Waals surface area contributed by atoms with Crippen LogP contribution >= 0.6 is 0 Å². The van der Waals surface area contributed by atoms with Gasteiger partial charge in [-0.3, -0.25) is 9.36 Å². The van der Waals surface area contributed by atoms with Crippen molar-refractivity contribution in [3.05, 3.63) is 24.7 Å². The Morgan fingerprint density at radius 3 is 2.96 bits per heavy atom. The maximum Gasteiger partial charge on any atom is 0.278 e. The Hall–Kier alpha value is -1.94. The summed E-state index contributed by atoms with van der Waals surface area (Å²) in [7, 11) is 0. The second-order valence-corrected chi connectivity index (χ2v) is 5.56. The molecule has 23 heavy (non-hydrogen) atoms. The van der Waals surface area contributed by atoms with Gasteiger partial charge in [0.2, 0.25) is 0 Å². The number of carbonyl (C=O) groups is 1. The molecule has 3 heterocycles. The van der Waals surface area contributed by atoms with Crippen molar-refractivity contribution in [1.29, 1.82) is 0 Å². The SMILES string of the molecule is C=C[C@H](CO)N1CNc2c(ncn2[C@H]2C[C@H](O)[C@@H](CO)O2)C1=O. The topological polar surface area (TPSA) is 120 Å². The number of fused-ring (bicyclic) bond motifs is 1. The van der Waals surface area contributed by atoms with Gasteiger partial charge in [0.15, 0.2) is 5.69 Å². The van der Waals surface area contributed by atoms with Crippen molar-refractivity contribution in [3.8, 4) is 0 Å². The van der Waals surface area contributed by atoms with E-state index in [4.69, 9.17) is 9.84 Å². The molecule has 1 aromatic heterocycles. The zero-order valence-electron chi connectivity index (χ0n) is 12.5. The van der Waals surface area contributed by atoms with Crippen LogP contribution in [-0.2, 0) is 4.74 Å². The Morgan fingerprint density at radius 1 is 1.57 bits per heavy atom. The summed E-state index contributed by atoms with van der Waals surface area (Å²) in [5.41, 5.74) is 0.224. The normalized spacial score (nSPS) is 28.4. The van der Waals surface area contributed by atoms with Crippen LogP contribution < -0.4 is 5.32 Å². The molecule has 0 aliphatic carbocycles. The highest BCUT2D eigenvalue weighted by atomic mass is 16.5. The van der Waals surface area contributed by atoms with Crippen LogP contribution in [0.3, 0.4) is 0 Å². The van der Waals surface area contributed by atoms with E-state index in [0.29, 0.717) is 12.2 Å². The average Bonchev–Trinajstić information content (AvgIpc) is 3.14. The van der Waals surface area contributed by atoms with Crippen molar-refractivity contribution in [2.45, 2.75) is 30.9 Å². The summed E-state index contributed by atoms with van der Waals surface area (Å²) in [6.07, 6.45) is 1.37. The third-order valence-corrected chi connectivity index (χ3v) is 4.23. The van der Waals surface area contributed by atoms with Crippen molar-refractivity contribution in [2.24, 2.45) is 0 Å². The van der Waals surface area contributed by atoms with Gasteiger partial charge in [0.25, 0.3) is 5.91 Å². The van der Waals surface area contributed by atoms with E-state index in [1.807, 2.05) is 0 Å². The zero-order chi connectivity index (χ0) is 16.6. The van der Waals surface area contributed by atoms with E-state index in [2.05, 4.69) is 16.9 Å². The van der Waals surface area contributed by atoms with E-state index in [1.54, 1.807) is 4.57 Å². The number of anilines is 1. The number of rotatable bonds is 5. The summed E-state index contributed by atoms with van der Waals surface area (Å²) in [4.78, 5) is 18.1. The Kier molecular flexibility index (Phi) is 4.35. The third kappa shape index (κ3) is 2.61. The van der Waals surface area contributed by atoms with Gasteiger partial charge >= 0.3 is 0 Å². The minimum absolute atomic E-state index is 0.202. The molecule has 1 saturated heterocycles. The predicted molar refractivity (Wildman–Crippen MR) is 79.6 cm³/mol. The lowest BCUT2D eigenvalue weighted by Crippen LogP contribution is -2.47. The summed E-state index contributed by atoms with van der Waals surface area (Å²) in [5.74, 6) is 0.191. The predicted octanol–water partition coefficient (Wildman–Crippen LogP) is -1.10. The smallest absolute Gasteiger partial charge is 0.278 e. The molecule has 4 N–H and O–H groups in total. The lowest BCUT2D eigenvalue weighted by molar-refractivity contribution is -0.0438. The molecule has 0 spiro atoms. The lowest BCUT2D eigenvalue weighted by Gasteiger charge is -2.32. The Labute approximate surface area is 132 Å². The minimum atomic E-state index is -0.765. The van der Waals surface area contributed by atoms with E-state index in [9.17, 15) is 15.0 Å². The van der Waals surface area contributed by atoms with Gasteiger partial charge in [-0.05, 0) is 0 Å². The maximum atomic E-state index is 12.5. The number of imidazole rings is 1. The van der Waals surface area contributed by atoms with Crippen LogP contribution in [0, 0.1) is 0 Å². The molecule has 126 valence electrons. The van der Waals surface area contributed by atoms with Gasteiger partial charge in [0.05, 0.1) is 38.4 Å². The number of aromatic nitrogens is 2. The number of ether oxygens (including phenoxy) is 1. The molecule has 9 nitrogen and oxygen atoms in total. The molecule has 0 aromatic carbocycles. The first-order chi connectivity index (χ1) is 11.1. The summed E-state index contributed by atoms with van der Waals surface area (Å²) < 4.78 is 7.23. The van der Waals surface area contributed by atoms with Crippen LogP contribution in [0.1, 0.15) is 23.1 Å². The van der Waals surface area contributed by atoms with Crippen molar-refractivity contribution < 1.29 is 24.9 Å². The Bertz CT molecular complexity index is 604. The third-order valence-electron chi connectivity index (χ3n) is 4.23. The summed E-state index contributed by atoms with van der Waals surface area (Å²) >= 11 is 0. The second kappa shape index (κ2) is 6.28. The maximum absolute atomic E-state index is 12.5. The molecule has 0 saturated carbocycles. The van der Waals surface area contributed by atoms with Crippen LogP contribution in [0.25, 0.3) is 0 Å². The first-order valence-corrected chi connectivity index (χ1v) is 7.40. The number of nitrogens with one attached hydrogen (secondary N) is 1. The van der Waals surface area contributed by atoms with Crippen molar-refractivity contribution >= 4 is 11.7 Å². The highest BCUT2D eigenvalue weighted by Crippen LogP contribution is 2.33. The number of carbonyl (C=O) groups excluding carboxylic acids is 1. The summed E-state index contributed by atoms with van der Waals surface area (Å²) in [6, 6.07) is -0.489. The molecule has 2 aliphatic rings. The fourth-order valence-electron chi connectivity index (χ4n) is 2.90. The molecule has 9 heteroatoms. The van der Waals surface area contributed by atoms with E-state index in [-0.39, 0.29) is 31.5 Å². The number of hydrogen-bond acceptors (Lipinski definition) is 7. The molecule has 2 aliphatic heterocycles. The van der Waals surface area contributed by atoms with E-state index in [1.165, 1.54) is 17.3 Å². The summed E-state index contributed by atoms with van der Waals surface area (Å²) in [5, 5.41) is 31.4. The first-order valence-electron chi connectivity index (χ1n) is 7.40. The number of amides is 1. The van der Waals surface area contributed by atoms with Crippen molar-refractivity contribution in [3.63, 3.8) is 0 Å². The second-order valence-electron chi connectivity index (χ2n) is 5.56. The van der Waals surface area contributed by atoms with Crippen LogP contribution in [0.15, 0.2) is 19.0 Å². The van der Waals surface area contributed by atoms with Gasteiger partial charge in [0.1, 0.15) is 18.1 Å². The molecule has 0 unspecified atom stereocenters. The molecular formula is C14H20N4O5. The van der Waals surface area contributed by atoms with Crippen LogP contribution in [0.5, 0.6) is 0 Å². The Balaban J connectivity index is 1.83. The largest absolute Gasteiger partial charge is 0.394 e. The van der Waals surface area contributed by atoms with Gasteiger partial charge in [-0.1, -0.05) is 6.08 Å². The van der Waals surface area contributed by atoms with Crippen LogP contribution in [0.2, 0.25) is 0 Å². The van der Waals surface area contributed by atoms with Crippen LogP contribution in [0.4, 0.5) is 5.82 Å². The first kappa shape index (κ1) is 15.9. The van der Waals surface area contributed by atoms with Crippen molar-refractivity contribution in [2.75, 3.05) is 25.2 Å². The lowest BCUT2D eigenvalue weighted by atomic mass is 10.2. The monoisotopic (exact) mass is 324 g/mol. The average molecular weight is 324 g/mol. The Morgan fingerprint density at radius 2 is 2.35 bits per heavy atom. The number of aliphatic hydroxyl groups is 3. The minimum Gasteiger partial charge on any atom is -0.394 e. The number of aliphatic hydroxyl groups excluding tert-OH is 3. The van der Waals surface area contributed by atoms with E-state index >= 15 is 0 Å². The number of nitrogens with zero attached hydrogens (tertiary/aromatic N) is 3. The molecule has 0 radical (unpaired) electrons. The van der Waals surface area contributed by atoms with Gasteiger partial charge in [-0.2, -0.15) is 0 Å². The standard InChI is InChI=1S/C14H20N4O5/c1-2-8(4-19)17-7-16-13-12(14(17)22)15-6-18(13)11-3-9(21)10(5-20)23-11/h2,6,8-11,16,19-21H,1,3-5,7H2/t8-,9+,10-,11-/m1/s1. The van der Waals surface area contributed by atoms with Gasteiger partial charge in [-0.15, -0.1) is 6.58 Å². The molecular weight excluding hydrogens is 304 g/mol. The number of hydrogen-bond donors (Lipinski definition) is 4. The fraction of sp³-hybridized carbons (Fsp3) is 0.571. The molecule has 1 amide bonds. The zero-order valence-corrected chi connectivity index (χ0v) is 12.5. The highest BCUT2D eigenvalue weighted by Gasteiger charge is 2.38. The highest BCUT2D eigenvalue weighted by molar-refractivity contribution is 5.99. The molecule has 1 fully saturated rings. The molecule has 4 atom stereocenters. The van der Waals surface area contributed by atoms with Crippen LogP contribution in [-0.4, -0.2) is 73.8 Å². The summed E-state index contributed by atoms with van der Waals surface area (Å²) in [6.45, 7) is 3.32. The van der Waals surface area contributed by atoms with Gasteiger partial charge < -0.3 is 30.3 Å². The molecule has 1 aromatic rings. The van der Waals surface area contributed by atoms with Gasteiger partial charge in [-0.25, -0.2) is 4.98 Å². The molecule has 3 rings (SSSR count). The molecule has 0 bridgehead atoms. The quantitative estimate of drug-likeness (QED) is 0.507. The van der Waals surface area contributed by atoms with Gasteiger partial charge in [0, 0.05) is 6.42 Å². The van der Waals surface area contributed by atoms with E-state index < -0.39 is 24.5 Å². The van der Waals surface area contributed by atoms with Crippen molar-refractivity contribution in [1.82, 2.24) is 14.5 Å². The fourth-order valence-corrected chi connectivity index (χ4v) is 2.90.